The van der Waals surface area contributed by atoms with Crippen LogP contribution in [0.4, 0.5) is 4.39 Å². The van der Waals surface area contributed by atoms with Crippen molar-refractivity contribution in [3.63, 3.8) is 0 Å². The number of aromatic nitrogens is 3. The molecule has 0 aliphatic carbocycles. The predicted octanol–water partition coefficient (Wildman–Crippen LogP) is -1.39. The molecule has 0 spiro atoms. The van der Waals surface area contributed by atoms with Crippen LogP contribution in [0, 0.1) is 5.95 Å². The second-order valence-corrected chi connectivity index (χ2v) is 4.74. The molecule has 0 amide bonds. The van der Waals surface area contributed by atoms with Gasteiger partial charge in [-0.05, 0) is 6.07 Å². The molecule has 4 atom stereocenters. The highest BCUT2D eigenvalue weighted by molar-refractivity contribution is 5.69. The van der Waals surface area contributed by atoms with Gasteiger partial charge in [0.05, 0.1) is 18.4 Å². The first-order chi connectivity index (χ1) is 10.0. The summed E-state index contributed by atoms with van der Waals surface area (Å²) in [5.74, 6) is -0.818. The van der Waals surface area contributed by atoms with Crippen LogP contribution in [0.2, 0.25) is 0 Å². The van der Waals surface area contributed by atoms with Gasteiger partial charge in [-0.15, -0.1) is 0 Å². The summed E-state index contributed by atoms with van der Waals surface area (Å²) >= 11 is 0. The standard InChI is InChI=1S/C12H12FN3O5/c13-7-2-14-11-5(15-7)1-4(12(20)16-11)10-9(19)8(18)6(3-17)21-10/h1-2,6,8-10,17-19H,3H2,(H,14,16,20)/t6-,8?,9?,10+/m1/s1. The molecule has 0 saturated carbocycles. The Morgan fingerprint density at radius 3 is 2.81 bits per heavy atom. The highest BCUT2D eigenvalue weighted by Gasteiger charge is 2.44. The summed E-state index contributed by atoms with van der Waals surface area (Å²) in [6.45, 7) is -0.505. The number of fused-ring (bicyclic) bond motifs is 1. The van der Waals surface area contributed by atoms with Gasteiger partial charge in [-0.1, -0.05) is 0 Å². The lowest BCUT2D eigenvalue weighted by Gasteiger charge is -2.14. The molecule has 2 aromatic heterocycles. The maximum atomic E-state index is 13.1. The monoisotopic (exact) mass is 297 g/mol. The quantitative estimate of drug-likeness (QED) is 0.537. The molecule has 3 rings (SSSR count). The Kier molecular flexibility index (Phi) is 3.41. The van der Waals surface area contributed by atoms with Crippen LogP contribution in [0.25, 0.3) is 11.2 Å². The minimum Gasteiger partial charge on any atom is -0.394 e. The van der Waals surface area contributed by atoms with Crippen molar-refractivity contribution >= 4 is 11.2 Å². The number of rotatable bonds is 2. The van der Waals surface area contributed by atoms with Crippen LogP contribution < -0.4 is 5.56 Å². The number of aromatic amines is 1. The van der Waals surface area contributed by atoms with Crippen LogP contribution in [0.15, 0.2) is 17.1 Å². The first kappa shape index (κ1) is 14.0. The average Bonchev–Trinajstić information content (AvgIpc) is 2.75. The number of pyridine rings is 1. The molecule has 9 heteroatoms. The highest BCUT2D eigenvalue weighted by Crippen LogP contribution is 2.32. The molecule has 3 heterocycles. The molecular formula is C12H12FN3O5. The van der Waals surface area contributed by atoms with Gasteiger partial charge in [0, 0.05) is 0 Å². The third-order valence-corrected chi connectivity index (χ3v) is 3.41. The third-order valence-electron chi connectivity index (χ3n) is 3.41. The topological polar surface area (TPSA) is 129 Å². The van der Waals surface area contributed by atoms with E-state index in [0.29, 0.717) is 0 Å². The first-order valence-electron chi connectivity index (χ1n) is 6.19. The number of aliphatic hydroxyl groups excluding tert-OH is 3. The van der Waals surface area contributed by atoms with Crippen LogP contribution in [0.5, 0.6) is 0 Å². The lowest BCUT2D eigenvalue weighted by Crippen LogP contribution is -2.33. The van der Waals surface area contributed by atoms with Crippen LogP contribution in [-0.4, -0.2) is 55.2 Å². The van der Waals surface area contributed by atoms with Crippen molar-refractivity contribution in [1.29, 1.82) is 0 Å². The van der Waals surface area contributed by atoms with Crippen molar-refractivity contribution in [1.82, 2.24) is 15.0 Å². The van der Waals surface area contributed by atoms with E-state index in [1.165, 1.54) is 6.07 Å². The second kappa shape index (κ2) is 5.11. The number of nitrogens with zero attached hydrogens (tertiary/aromatic N) is 2. The molecule has 21 heavy (non-hydrogen) atoms. The molecule has 0 radical (unpaired) electrons. The van der Waals surface area contributed by atoms with Crippen molar-refractivity contribution in [3.8, 4) is 0 Å². The summed E-state index contributed by atoms with van der Waals surface area (Å²) in [5, 5.41) is 28.7. The van der Waals surface area contributed by atoms with E-state index in [0.717, 1.165) is 6.20 Å². The number of H-pyrrole nitrogens is 1. The Hall–Kier alpha value is -1.94. The van der Waals surface area contributed by atoms with Crippen LogP contribution in [0.1, 0.15) is 11.7 Å². The third kappa shape index (κ3) is 2.29. The summed E-state index contributed by atoms with van der Waals surface area (Å²) < 4.78 is 18.4. The number of aliphatic hydroxyl groups is 3. The Bertz CT molecular complexity index is 736. The van der Waals surface area contributed by atoms with Gasteiger partial charge in [-0.25, -0.2) is 9.97 Å². The van der Waals surface area contributed by atoms with E-state index in [9.17, 15) is 19.4 Å². The summed E-state index contributed by atoms with van der Waals surface area (Å²) in [6, 6.07) is 1.24. The fraction of sp³-hybridized carbons (Fsp3) is 0.417. The van der Waals surface area contributed by atoms with Gasteiger partial charge in [0.2, 0.25) is 5.95 Å². The molecule has 0 aromatic carbocycles. The number of nitrogens with one attached hydrogen (secondary N) is 1. The number of ether oxygens (including phenoxy) is 1. The van der Waals surface area contributed by atoms with Gasteiger partial charge in [0.25, 0.3) is 5.56 Å². The molecule has 2 aromatic rings. The zero-order chi connectivity index (χ0) is 15.1. The van der Waals surface area contributed by atoms with Crippen LogP contribution >= 0.6 is 0 Å². The lowest BCUT2D eigenvalue weighted by molar-refractivity contribution is -0.0231. The highest BCUT2D eigenvalue weighted by atomic mass is 19.1. The summed E-state index contributed by atoms with van der Waals surface area (Å²) in [7, 11) is 0. The maximum Gasteiger partial charge on any atom is 0.255 e. The summed E-state index contributed by atoms with van der Waals surface area (Å²) in [6.07, 6.45) is -3.99. The normalized spacial score (nSPS) is 29.1. The van der Waals surface area contributed by atoms with Crippen LogP contribution in [0.3, 0.4) is 0 Å². The van der Waals surface area contributed by atoms with Crippen LogP contribution in [-0.2, 0) is 4.74 Å². The van der Waals surface area contributed by atoms with Gasteiger partial charge in [0.1, 0.15) is 29.9 Å². The Balaban J connectivity index is 2.08. The maximum absolute atomic E-state index is 13.1. The molecular weight excluding hydrogens is 285 g/mol. The molecule has 4 N–H and O–H groups in total. The number of hydrogen-bond acceptors (Lipinski definition) is 7. The van der Waals surface area contributed by atoms with E-state index in [1.807, 2.05) is 0 Å². The fourth-order valence-electron chi connectivity index (χ4n) is 2.34. The molecule has 1 fully saturated rings. The summed E-state index contributed by atoms with van der Waals surface area (Å²) in [5.41, 5.74) is -0.442. The Morgan fingerprint density at radius 2 is 2.14 bits per heavy atom. The number of hydrogen-bond donors (Lipinski definition) is 4. The first-order valence-corrected chi connectivity index (χ1v) is 6.19. The van der Waals surface area contributed by atoms with Gasteiger partial charge in [0.15, 0.2) is 5.65 Å². The molecule has 1 aliphatic rings. The predicted molar refractivity (Wildman–Crippen MR) is 66.8 cm³/mol. The average molecular weight is 297 g/mol. The van der Waals surface area contributed by atoms with E-state index >= 15 is 0 Å². The van der Waals surface area contributed by atoms with E-state index in [4.69, 9.17) is 9.84 Å². The fourth-order valence-corrected chi connectivity index (χ4v) is 2.34. The Labute approximate surface area is 116 Å². The lowest BCUT2D eigenvalue weighted by atomic mass is 10.0. The second-order valence-electron chi connectivity index (χ2n) is 4.74. The Morgan fingerprint density at radius 1 is 1.38 bits per heavy atom. The molecule has 2 unspecified atom stereocenters. The molecule has 112 valence electrons. The van der Waals surface area contributed by atoms with Crippen molar-refractivity contribution in [2.24, 2.45) is 0 Å². The van der Waals surface area contributed by atoms with Crippen molar-refractivity contribution in [3.05, 3.63) is 34.1 Å². The minimum atomic E-state index is -1.39. The van der Waals surface area contributed by atoms with E-state index in [2.05, 4.69) is 15.0 Å². The van der Waals surface area contributed by atoms with E-state index in [-0.39, 0.29) is 16.7 Å². The van der Waals surface area contributed by atoms with Gasteiger partial charge in [-0.2, -0.15) is 4.39 Å². The van der Waals surface area contributed by atoms with Crippen molar-refractivity contribution in [2.45, 2.75) is 24.4 Å². The summed E-state index contributed by atoms with van der Waals surface area (Å²) in [4.78, 5) is 21.7. The van der Waals surface area contributed by atoms with E-state index < -0.39 is 42.5 Å². The van der Waals surface area contributed by atoms with Crippen molar-refractivity contribution < 1.29 is 24.4 Å². The van der Waals surface area contributed by atoms with Crippen molar-refractivity contribution in [2.75, 3.05) is 6.61 Å². The van der Waals surface area contributed by atoms with Gasteiger partial charge < -0.3 is 25.0 Å². The zero-order valence-electron chi connectivity index (χ0n) is 10.6. The van der Waals surface area contributed by atoms with Gasteiger partial charge >= 0.3 is 0 Å². The zero-order valence-corrected chi connectivity index (χ0v) is 10.6. The largest absolute Gasteiger partial charge is 0.394 e. The smallest absolute Gasteiger partial charge is 0.255 e. The van der Waals surface area contributed by atoms with Gasteiger partial charge in [-0.3, -0.25) is 4.79 Å². The SMILES string of the molecule is O=c1[nH]c2ncc(F)nc2cc1[C@@H]1O[C@H](CO)C(O)C1O. The minimum absolute atomic E-state index is 0.0232. The molecule has 1 saturated heterocycles. The molecule has 1 aliphatic heterocycles. The number of halogens is 1. The molecule has 8 nitrogen and oxygen atoms in total. The van der Waals surface area contributed by atoms with E-state index in [1.54, 1.807) is 0 Å². The molecule has 0 bridgehead atoms.